The Balaban J connectivity index is 2.43. The second-order valence-corrected chi connectivity index (χ2v) is 4.47. The van der Waals surface area contributed by atoms with Gasteiger partial charge in [0, 0.05) is 24.3 Å². The highest BCUT2D eigenvalue weighted by molar-refractivity contribution is 5.53. The predicted octanol–water partition coefficient (Wildman–Crippen LogP) is 1.19. The van der Waals surface area contributed by atoms with E-state index >= 15 is 0 Å². The molecule has 2 rings (SSSR count). The second-order valence-electron chi connectivity index (χ2n) is 4.47. The molecule has 18 heavy (non-hydrogen) atoms. The maximum absolute atomic E-state index is 11.6. The molecule has 0 fully saturated rings. The molecule has 0 amide bonds. The Labute approximate surface area is 105 Å². The van der Waals surface area contributed by atoms with Gasteiger partial charge in [0.15, 0.2) is 0 Å². The van der Waals surface area contributed by atoms with Gasteiger partial charge in [-0.1, -0.05) is 0 Å². The summed E-state index contributed by atoms with van der Waals surface area (Å²) in [6.45, 7) is 6.12. The van der Waals surface area contributed by atoms with E-state index < -0.39 is 0 Å². The van der Waals surface area contributed by atoms with E-state index in [1.807, 2.05) is 20.8 Å². The van der Waals surface area contributed by atoms with Gasteiger partial charge in [0.25, 0.3) is 0 Å². The molecule has 94 valence electrons. The van der Waals surface area contributed by atoms with Gasteiger partial charge >= 0.3 is 5.69 Å². The summed E-state index contributed by atoms with van der Waals surface area (Å²) in [5.41, 5.74) is 10.0. The third-order valence-electron chi connectivity index (χ3n) is 2.98. The normalized spacial score (nSPS) is 10.6. The van der Waals surface area contributed by atoms with Gasteiger partial charge in [-0.2, -0.15) is 0 Å². The zero-order valence-electron chi connectivity index (χ0n) is 10.8. The molecular weight excluding hydrogens is 228 g/mol. The standard InChI is InChI=1S/C13H16N4O/c1-8-4-16-13(18)17(6-8)7-11-10(3)12(14)9(2)5-15-11/h4-6H,7H2,1-3H3,(H2,14,15). The van der Waals surface area contributed by atoms with E-state index in [1.54, 1.807) is 23.2 Å². The Morgan fingerprint density at radius 3 is 2.67 bits per heavy atom. The molecule has 2 aromatic rings. The Kier molecular flexibility index (Phi) is 3.14. The van der Waals surface area contributed by atoms with E-state index in [0.29, 0.717) is 6.54 Å². The van der Waals surface area contributed by atoms with Gasteiger partial charge in [-0.05, 0) is 37.5 Å². The summed E-state index contributed by atoms with van der Waals surface area (Å²) in [4.78, 5) is 19.8. The minimum atomic E-state index is -0.277. The molecule has 0 spiro atoms. The van der Waals surface area contributed by atoms with Crippen molar-refractivity contribution >= 4 is 5.69 Å². The van der Waals surface area contributed by atoms with Crippen molar-refractivity contribution in [2.45, 2.75) is 27.3 Å². The zero-order valence-corrected chi connectivity index (χ0v) is 10.8. The Bertz CT molecular complexity index is 646. The van der Waals surface area contributed by atoms with E-state index in [-0.39, 0.29) is 5.69 Å². The Morgan fingerprint density at radius 1 is 1.22 bits per heavy atom. The first kappa shape index (κ1) is 12.3. The molecule has 0 aliphatic heterocycles. The third-order valence-corrected chi connectivity index (χ3v) is 2.98. The number of pyridine rings is 1. The van der Waals surface area contributed by atoms with Crippen LogP contribution >= 0.6 is 0 Å². The van der Waals surface area contributed by atoms with Gasteiger partial charge < -0.3 is 5.73 Å². The summed E-state index contributed by atoms with van der Waals surface area (Å²) >= 11 is 0. The molecule has 0 saturated carbocycles. The van der Waals surface area contributed by atoms with E-state index in [2.05, 4.69) is 9.97 Å². The smallest absolute Gasteiger partial charge is 0.347 e. The monoisotopic (exact) mass is 244 g/mol. The molecule has 0 aliphatic carbocycles. The Morgan fingerprint density at radius 2 is 1.94 bits per heavy atom. The summed E-state index contributed by atoms with van der Waals surface area (Å²) in [7, 11) is 0. The number of hydrogen-bond donors (Lipinski definition) is 1. The molecular formula is C13H16N4O. The highest BCUT2D eigenvalue weighted by Gasteiger charge is 2.08. The molecule has 2 N–H and O–H groups in total. The van der Waals surface area contributed by atoms with Crippen LogP contribution in [0.2, 0.25) is 0 Å². The fourth-order valence-corrected chi connectivity index (χ4v) is 1.79. The zero-order chi connectivity index (χ0) is 13.3. The van der Waals surface area contributed by atoms with Crippen molar-refractivity contribution in [2.75, 3.05) is 5.73 Å². The molecule has 0 aromatic carbocycles. The van der Waals surface area contributed by atoms with Gasteiger partial charge in [0.05, 0.1) is 12.2 Å². The number of hydrogen-bond acceptors (Lipinski definition) is 4. The van der Waals surface area contributed by atoms with Crippen LogP contribution in [0.15, 0.2) is 23.4 Å². The summed E-state index contributed by atoms with van der Waals surface area (Å²) in [6.07, 6.45) is 5.06. The van der Waals surface area contributed by atoms with E-state index in [4.69, 9.17) is 5.73 Å². The first-order valence-corrected chi connectivity index (χ1v) is 5.72. The molecule has 0 saturated heterocycles. The third kappa shape index (κ3) is 2.25. The second kappa shape index (κ2) is 4.60. The number of aromatic nitrogens is 3. The topological polar surface area (TPSA) is 73.8 Å². The maximum Gasteiger partial charge on any atom is 0.347 e. The highest BCUT2D eigenvalue weighted by Crippen LogP contribution is 2.18. The number of nitrogens with zero attached hydrogens (tertiary/aromatic N) is 3. The predicted molar refractivity (Wildman–Crippen MR) is 70.5 cm³/mol. The lowest BCUT2D eigenvalue weighted by atomic mass is 10.1. The van der Waals surface area contributed by atoms with Crippen molar-refractivity contribution in [2.24, 2.45) is 0 Å². The molecule has 2 aromatic heterocycles. The number of rotatable bonds is 2. The fourth-order valence-electron chi connectivity index (χ4n) is 1.79. The van der Waals surface area contributed by atoms with E-state index in [0.717, 1.165) is 28.1 Å². The molecule has 0 atom stereocenters. The molecule has 0 unspecified atom stereocenters. The molecule has 0 radical (unpaired) electrons. The van der Waals surface area contributed by atoms with Crippen LogP contribution in [0.5, 0.6) is 0 Å². The van der Waals surface area contributed by atoms with Crippen LogP contribution in [-0.4, -0.2) is 14.5 Å². The highest BCUT2D eigenvalue weighted by atomic mass is 16.1. The van der Waals surface area contributed by atoms with Crippen LogP contribution < -0.4 is 11.4 Å². The average Bonchev–Trinajstić information content (AvgIpc) is 2.34. The van der Waals surface area contributed by atoms with Gasteiger partial charge in [-0.3, -0.25) is 9.55 Å². The molecule has 0 aliphatic rings. The Hall–Kier alpha value is -2.17. The molecule has 5 heteroatoms. The van der Waals surface area contributed by atoms with E-state index in [9.17, 15) is 4.79 Å². The lowest BCUT2D eigenvalue weighted by Crippen LogP contribution is -2.23. The quantitative estimate of drug-likeness (QED) is 0.861. The van der Waals surface area contributed by atoms with Crippen molar-refractivity contribution in [3.63, 3.8) is 0 Å². The van der Waals surface area contributed by atoms with Gasteiger partial charge in [0.1, 0.15) is 0 Å². The van der Waals surface area contributed by atoms with Crippen LogP contribution in [0, 0.1) is 20.8 Å². The lowest BCUT2D eigenvalue weighted by Gasteiger charge is -2.11. The van der Waals surface area contributed by atoms with Crippen LogP contribution in [0.3, 0.4) is 0 Å². The van der Waals surface area contributed by atoms with Crippen LogP contribution in [0.25, 0.3) is 0 Å². The lowest BCUT2D eigenvalue weighted by molar-refractivity contribution is 0.701. The van der Waals surface area contributed by atoms with Gasteiger partial charge in [-0.25, -0.2) is 9.78 Å². The molecule has 0 bridgehead atoms. The minimum absolute atomic E-state index is 0.277. The van der Waals surface area contributed by atoms with E-state index in [1.165, 1.54) is 0 Å². The van der Waals surface area contributed by atoms with Crippen LogP contribution in [0.4, 0.5) is 5.69 Å². The number of aryl methyl sites for hydroxylation is 2. The summed E-state index contributed by atoms with van der Waals surface area (Å²) < 4.78 is 1.54. The van der Waals surface area contributed by atoms with Gasteiger partial charge in [-0.15, -0.1) is 0 Å². The number of nitrogens with two attached hydrogens (primary N) is 1. The summed E-state index contributed by atoms with van der Waals surface area (Å²) in [5.74, 6) is 0. The average molecular weight is 244 g/mol. The van der Waals surface area contributed by atoms with Crippen molar-refractivity contribution in [1.29, 1.82) is 0 Å². The first-order valence-electron chi connectivity index (χ1n) is 5.72. The van der Waals surface area contributed by atoms with Crippen LogP contribution in [0.1, 0.15) is 22.4 Å². The van der Waals surface area contributed by atoms with Gasteiger partial charge in [0.2, 0.25) is 0 Å². The first-order chi connectivity index (χ1) is 8.49. The number of nitrogen functional groups attached to an aromatic ring is 1. The SMILES string of the molecule is Cc1cnc(=O)n(Cc2ncc(C)c(N)c2C)c1. The number of anilines is 1. The maximum atomic E-state index is 11.6. The fraction of sp³-hybridized carbons (Fsp3) is 0.308. The molecule has 2 heterocycles. The van der Waals surface area contributed by atoms with Crippen molar-refractivity contribution in [3.8, 4) is 0 Å². The van der Waals surface area contributed by atoms with Crippen molar-refractivity contribution in [3.05, 3.63) is 51.5 Å². The van der Waals surface area contributed by atoms with Crippen LogP contribution in [-0.2, 0) is 6.54 Å². The van der Waals surface area contributed by atoms with Crippen molar-refractivity contribution in [1.82, 2.24) is 14.5 Å². The van der Waals surface area contributed by atoms with Crippen molar-refractivity contribution < 1.29 is 0 Å². The molecule has 5 nitrogen and oxygen atoms in total. The summed E-state index contributed by atoms with van der Waals surface area (Å²) in [5, 5.41) is 0. The largest absolute Gasteiger partial charge is 0.398 e. The minimum Gasteiger partial charge on any atom is -0.398 e. The summed E-state index contributed by atoms with van der Waals surface area (Å²) in [6, 6.07) is 0.